The van der Waals surface area contributed by atoms with Gasteiger partial charge in [-0.25, -0.2) is 0 Å². The molecule has 0 bridgehead atoms. The second-order valence-corrected chi connectivity index (χ2v) is 7.78. The van der Waals surface area contributed by atoms with Crippen molar-refractivity contribution in [2.45, 2.75) is 25.1 Å². The summed E-state index contributed by atoms with van der Waals surface area (Å²) in [5, 5.41) is 0. The number of hydrogen-bond donors (Lipinski definition) is 0. The van der Waals surface area contributed by atoms with E-state index in [1.807, 2.05) is 0 Å². The molecule has 4 rings (SSSR count). The number of nitrogens with zero attached hydrogens (tertiary/aromatic N) is 2. The molecule has 164 valence electrons. The van der Waals surface area contributed by atoms with Crippen LogP contribution >= 0.6 is 0 Å². The molecule has 2 aliphatic heterocycles. The summed E-state index contributed by atoms with van der Waals surface area (Å²) >= 11 is 0. The molecule has 2 aliphatic rings. The topological polar surface area (TPSA) is 49.9 Å². The van der Waals surface area contributed by atoms with E-state index < -0.39 is 11.7 Å². The maximum Gasteiger partial charge on any atom is 0.416 e. The minimum Gasteiger partial charge on any atom is -0.368 e. The van der Waals surface area contributed by atoms with E-state index in [1.54, 1.807) is 40.1 Å². The Morgan fingerprint density at radius 3 is 2.19 bits per heavy atom. The van der Waals surface area contributed by atoms with Gasteiger partial charge < -0.3 is 14.5 Å². The van der Waals surface area contributed by atoms with Crippen LogP contribution in [0.2, 0.25) is 0 Å². The third kappa shape index (κ3) is 4.74. The van der Waals surface area contributed by atoms with Crippen molar-refractivity contribution >= 4 is 11.8 Å². The van der Waals surface area contributed by atoms with E-state index in [0.29, 0.717) is 49.5 Å². The fraction of sp³-hybridized carbons (Fsp3) is 0.391. The zero-order valence-corrected chi connectivity index (χ0v) is 16.9. The molecule has 0 spiro atoms. The average molecular weight is 432 g/mol. The van der Waals surface area contributed by atoms with Crippen LogP contribution in [0, 0.1) is 0 Å². The van der Waals surface area contributed by atoms with Crippen molar-refractivity contribution in [2.75, 3.05) is 32.8 Å². The number of carbonyl (C=O) groups is 2. The van der Waals surface area contributed by atoms with Gasteiger partial charge in [0.15, 0.2) is 0 Å². The molecule has 2 fully saturated rings. The van der Waals surface area contributed by atoms with Crippen LogP contribution in [0.5, 0.6) is 0 Å². The fourth-order valence-corrected chi connectivity index (χ4v) is 3.97. The first-order chi connectivity index (χ1) is 14.8. The second kappa shape index (κ2) is 8.70. The molecule has 0 saturated carbocycles. The molecule has 8 heteroatoms. The summed E-state index contributed by atoms with van der Waals surface area (Å²) in [6, 6.07) is 11.7. The van der Waals surface area contributed by atoms with Gasteiger partial charge in [0.25, 0.3) is 11.8 Å². The highest BCUT2D eigenvalue weighted by atomic mass is 19.4. The van der Waals surface area contributed by atoms with Crippen molar-refractivity contribution in [2.24, 2.45) is 0 Å². The maximum atomic E-state index is 12.9. The molecular weight excluding hydrogens is 409 g/mol. The normalized spacial score (nSPS) is 19.5. The molecule has 2 amide bonds. The molecule has 0 N–H and O–H groups in total. The number of ether oxygens (including phenoxy) is 1. The highest BCUT2D eigenvalue weighted by molar-refractivity contribution is 5.95. The molecule has 5 nitrogen and oxygen atoms in total. The average Bonchev–Trinajstić information content (AvgIpc) is 3.33. The molecule has 31 heavy (non-hydrogen) atoms. The number of halogens is 3. The van der Waals surface area contributed by atoms with Gasteiger partial charge in [0.05, 0.1) is 5.56 Å². The van der Waals surface area contributed by atoms with Crippen LogP contribution in [0.4, 0.5) is 13.2 Å². The number of amides is 2. The van der Waals surface area contributed by atoms with Gasteiger partial charge in [-0.1, -0.05) is 24.3 Å². The van der Waals surface area contributed by atoms with E-state index in [0.717, 1.165) is 25.0 Å². The van der Waals surface area contributed by atoms with Gasteiger partial charge in [-0.05, 0) is 48.2 Å². The highest BCUT2D eigenvalue weighted by Gasteiger charge is 2.32. The molecule has 2 saturated heterocycles. The Bertz CT molecular complexity index is 945. The van der Waals surface area contributed by atoms with Gasteiger partial charge >= 0.3 is 6.18 Å². The monoisotopic (exact) mass is 432 g/mol. The van der Waals surface area contributed by atoms with Crippen molar-refractivity contribution in [1.29, 1.82) is 0 Å². The predicted octanol–water partition coefficient (Wildman–Crippen LogP) is 3.84. The summed E-state index contributed by atoms with van der Waals surface area (Å²) in [5.74, 6) is -0.158. The summed E-state index contributed by atoms with van der Waals surface area (Å²) in [4.78, 5) is 28.7. The minimum absolute atomic E-state index is 0.00459. The smallest absolute Gasteiger partial charge is 0.368 e. The van der Waals surface area contributed by atoms with Gasteiger partial charge in [-0.2, -0.15) is 13.2 Å². The quantitative estimate of drug-likeness (QED) is 0.741. The van der Waals surface area contributed by atoms with Crippen LogP contribution < -0.4 is 0 Å². The second-order valence-electron chi connectivity index (χ2n) is 7.78. The van der Waals surface area contributed by atoms with Crippen LogP contribution in [0.25, 0.3) is 11.1 Å². The Morgan fingerprint density at radius 2 is 1.58 bits per heavy atom. The minimum atomic E-state index is -4.40. The Kier molecular flexibility index (Phi) is 6.00. The van der Waals surface area contributed by atoms with Crippen LogP contribution in [-0.2, 0) is 15.7 Å². The van der Waals surface area contributed by atoms with Crippen LogP contribution in [0.15, 0.2) is 48.5 Å². The third-order valence-corrected chi connectivity index (χ3v) is 5.74. The Morgan fingerprint density at radius 1 is 0.903 bits per heavy atom. The fourth-order valence-electron chi connectivity index (χ4n) is 3.97. The summed E-state index contributed by atoms with van der Waals surface area (Å²) in [6.45, 7) is 2.42. The molecule has 2 aromatic rings. The van der Waals surface area contributed by atoms with Gasteiger partial charge in [-0.3, -0.25) is 9.59 Å². The zero-order chi connectivity index (χ0) is 22.0. The van der Waals surface area contributed by atoms with E-state index in [4.69, 9.17) is 4.74 Å². The molecule has 2 heterocycles. The van der Waals surface area contributed by atoms with Crippen LogP contribution in [-0.4, -0.2) is 60.5 Å². The van der Waals surface area contributed by atoms with Gasteiger partial charge in [0, 0.05) is 38.3 Å². The molecular formula is C23H23F3N2O3. The summed E-state index contributed by atoms with van der Waals surface area (Å²) in [7, 11) is 0. The van der Waals surface area contributed by atoms with Gasteiger partial charge in [-0.15, -0.1) is 0 Å². The van der Waals surface area contributed by atoms with E-state index >= 15 is 0 Å². The number of carbonyl (C=O) groups excluding carboxylic acids is 2. The van der Waals surface area contributed by atoms with E-state index in [-0.39, 0.29) is 17.9 Å². The first-order valence-electron chi connectivity index (χ1n) is 10.3. The SMILES string of the molecule is O=C(c1ccc(-c2cccc(C(F)(F)F)c2)cc1)N1CCN(C(=O)C2CCCO2)CC1. The molecule has 1 atom stereocenters. The maximum absolute atomic E-state index is 12.9. The van der Waals surface area contributed by atoms with Gasteiger partial charge in [0.2, 0.25) is 0 Å². The van der Waals surface area contributed by atoms with Crippen molar-refractivity contribution in [1.82, 2.24) is 9.80 Å². The Balaban J connectivity index is 1.38. The van der Waals surface area contributed by atoms with Crippen LogP contribution in [0.3, 0.4) is 0 Å². The van der Waals surface area contributed by atoms with Crippen LogP contribution in [0.1, 0.15) is 28.8 Å². The molecule has 0 aliphatic carbocycles. The number of piperazine rings is 1. The first kappa shape index (κ1) is 21.4. The molecule has 1 unspecified atom stereocenters. The third-order valence-electron chi connectivity index (χ3n) is 5.74. The van der Waals surface area contributed by atoms with Crippen molar-refractivity contribution in [3.8, 4) is 11.1 Å². The number of rotatable bonds is 3. The number of benzene rings is 2. The number of alkyl halides is 3. The lowest BCUT2D eigenvalue weighted by Crippen LogP contribution is -2.52. The van der Waals surface area contributed by atoms with E-state index in [9.17, 15) is 22.8 Å². The summed E-state index contributed by atoms with van der Waals surface area (Å²) in [6.07, 6.45) is -3.12. The summed E-state index contributed by atoms with van der Waals surface area (Å²) in [5.41, 5.74) is 0.805. The lowest BCUT2D eigenvalue weighted by Gasteiger charge is -2.35. The van der Waals surface area contributed by atoms with Crippen molar-refractivity contribution < 1.29 is 27.5 Å². The van der Waals surface area contributed by atoms with E-state index in [1.165, 1.54) is 6.07 Å². The Labute approximate surface area is 178 Å². The summed E-state index contributed by atoms with van der Waals surface area (Å²) < 4.78 is 44.3. The zero-order valence-electron chi connectivity index (χ0n) is 16.9. The lowest BCUT2D eigenvalue weighted by molar-refractivity contribution is -0.142. The predicted molar refractivity (Wildman–Crippen MR) is 108 cm³/mol. The van der Waals surface area contributed by atoms with Crippen molar-refractivity contribution in [3.05, 3.63) is 59.7 Å². The first-order valence-corrected chi connectivity index (χ1v) is 10.3. The highest BCUT2D eigenvalue weighted by Crippen LogP contribution is 2.32. The van der Waals surface area contributed by atoms with E-state index in [2.05, 4.69) is 0 Å². The Hall–Kier alpha value is -2.87. The molecule has 0 aromatic heterocycles. The number of hydrogen-bond acceptors (Lipinski definition) is 3. The van der Waals surface area contributed by atoms with Crippen molar-refractivity contribution in [3.63, 3.8) is 0 Å². The molecule has 2 aromatic carbocycles. The standard InChI is InChI=1S/C23H23F3N2O3/c24-23(25,26)19-4-1-3-18(15-19)16-6-8-17(9-7-16)21(29)27-10-12-28(13-11-27)22(30)20-5-2-14-31-20/h1,3-4,6-9,15,20H,2,5,10-14H2. The lowest BCUT2D eigenvalue weighted by atomic mass is 10.0. The largest absolute Gasteiger partial charge is 0.416 e. The van der Waals surface area contributed by atoms with Gasteiger partial charge in [0.1, 0.15) is 6.10 Å². The molecule has 0 radical (unpaired) electrons.